The predicted molar refractivity (Wildman–Crippen MR) is 126 cm³/mol. The van der Waals surface area contributed by atoms with Gasteiger partial charge < -0.3 is 25.0 Å². The van der Waals surface area contributed by atoms with Crippen molar-refractivity contribution < 1.29 is 19.4 Å². The van der Waals surface area contributed by atoms with Gasteiger partial charge in [-0.05, 0) is 40.6 Å². The average molecular weight is 442 g/mol. The van der Waals surface area contributed by atoms with E-state index in [1.807, 2.05) is 36.4 Å². The van der Waals surface area contributed by atoms with Gasteiger partial charge in [0.05, 0.1) is 6.61 Å². The maximum absolute atomic E-state index is 12.5. The molecule has 0 atom stereocenters. The van der Waals surface area contributed by atoms with E-state index in [9.17, 15) is 14.7 Å². The molecule has 1 amide bonds. The lowest BCUT2D eigenvalue weighted by Crippen LogP contribution is -2.41. The summed E-state index contributed by atoms with van der Waals surface area (Å²) in [7, 11) is 0. The molecule has 0 bridgehead atoms. The van der Waals surface area contributed by atoms with Crippen LogP contribution in [0.3, 0.4) is 0 Å². The van der Waals surface area contributed by atoms with Gasteiger partial charge in [-0.1, -0.05) is 36.4 Å². The number of anilines is 1. The number of morpholine rings is 1. The number of amides is 1. The van der Waals surface area contributed by atoms with Gasteiger partial charge in [-0.25, -0.2) is 4.79 Å². The minimum absolute atomic E-state index is 0.0430. The fourth-order valence-electron chi connectivity index (χ4n) is 4.39. The molecule has 3 aromatic carbocycles. The maximum atomic E-state index is 12.5. The molecular weight excluding hydrogens is 420 g/mol. The molecule has 8 heteroatoms. The number of carboxylic acids is 1. The second-order valence-electron chi connectivity index (χ2n) is 8.03. The third-order valence-corrected chi connectivity index (χ3v) is 5.99. The minimum Gasteiger partial charge on any atom is -0.477 e. The fourth-order valence-corrected chi connectivity index (χ4v) is 4.39. The molecule has 166 valence electrons. The number of ether oxygens (including phenoxy) is 1. The number of aromatic nitrogens is 1. The van der Waals surface area contributed by atoms with Crippen LogP contribution in [0.4, 0.5) is 5.69 Å². The normalized spacial score (nSPS) is 14.2. The molecule has 8 nitrogen and oxygen atoms in total. The van der Waals surface area contributed by atoms with Crippen LogP contribution in [0.5, 0.6) is 0 Å². The van der Waals surface area contributed by atoms with E-state index < -0.39 is 5.97 Å². The van der Waals surface area contributed by atoms with Crippen molar-refractivity contribution in [1.29, 1.82) is 5.41 Å². The molecule has 4 N–H and O–H groups in total. The summed E-state index contributed by atoms with van der Waals surface area (Å²) >= 11 is 0. The molecule has 0 saturated carbocycles. The molecule has 33 heavy (non-hydrogen) atoms. The number of fused-ring (bicyclic) bond motifs is 2. The van der Waals surface area contributed by atoms with Crippen LogP contribution in [-0.2, 0) is 16.1 Å². The number of nitrogens with two attached hydrogens (primary N) is 1. The van der Waals surface area contributed by atoms with E-state index in [1.165, 1.54) is 0 Å². The Kier molecular flexibility index (Phi) is 5.07. The minimum atomic E-state index is -1.04. The monoisotopic (exact) mass is 442 g/mol. The highest BCUT2D eigenvalue weighted by Crippen LogP contribution is 2.30. The number of hydrogen-bond acceptors (Lipinski definition) is 4. The summed E-state index contributed by atoms with van der Waals surface area (Å²) in [4.78, 5) is 26.2. The molecule has 0 aliphatic carbocycles. The summed E-state index contributed by atoms with van der Waals surface area (Å²) in [6, 6.07) is 18.6. The average Bonchev–Trinajstić information content (AvgIpc) is 3.17. The SMILES string of the molecule is N=C(N)c1ccc2cc(C(=O)O)n(Cc3cc(N4CCOCC4=O)cc4ccccc34)c2c1. The Balaban J connectivity index is 1.69. The van der Waals surface area contributed by atoms with E-state index >= 15 is 0 Å². The molecule has 5 rings (SSSR count). The smallest absolute Gasteiger partial charge is 0.352 e. The molecule has 0 spiro atoms. The van der Waals surface area contributed by atoms with E-state index in [-0.39, 0.29) is 30.6 Å². The topological polar surface area (TPSA) is 122 Å². The van der Waals surface area contributed by atoms with Gasteiger partial charge in [-0.15, -0.1) is 0 Å². The van der Waals surface area contributed by atoms with E-state index in [4.69, 9.17) is 15.9 Å². The first-order chi connectivity index (χ1) is 15.9. The van der Waals surface area contributed by atoms with Crippen molar-refractivity contribution in [2.45, 2.75) is 6.54 Å². The number of aromatic carboxylic acids is 1. The van der Waals surface area contributed by atoms with Crippen LogP contribution in [0.2, 0.25) is 0 Å². The van der Waals surface area contributed by atoms with Gasteiger partial charge in [-0.3, -0.25) is 10.2 Å². The number of carboxylic acid groups (broad SMARTS) is 1. The first-order valence-corrected chi connectivity index (χ1v) is 10.5. The fraction of sp³-hybridized carbons (Fsp3) is 0.160. The Morgan fingerprint density at radius 3 is 2.67 bits per heavy atom. The van der Waals surface area contributed by atoms with Crippen LogP contribution >= 0.6 is 0 Å². The zero-order chi connectivity index (χ0) is 23.1. The molecular formula is C25H22N4O4. The van der Waals surface area contributed by atoms with Crippen molar-refractivity contribution in [1.82, 2.24) is 4.57 Å². The zero-order valence-corrected chi connectivity index (χ0v) is 17.7. The van der Waals surface area contributed by atoms with Crippen molar-refractivity contribution >= 4 is 45.1 Å². The molecule has 2 heterocycles. The number of nitrogens with zero attached hydrogens (tertiary/aromatic N) is 2. The van der Waals surface area contributed by atoms with Crippen molar-refractivity contribution in [3.8, 4) is 0 Å². The van der Waals surface area contributed by atoms with E-state index in [2.05, 4.69) is 0 Å². The van der Waals surface area contributed by atoms with Crippen LogP contribution in [0.15, 0.2) is 60.7 Å². The first-order valence-electron chi connectivity index (χ1n) is 10.5. The van der Waals surface area contributed by atoms with E-state index in [1.54, 1.807) is 33.7 Å². The van der Waals surface area contributed by atoms with Crippen LogP contribution in [0, 0.1) is 5.41 Å². The molecule has 0 unspecified atom stereocenters. The van der Waals surface area contributed by atoms with Crippen LogP contribution in [-0.4, -0.2) is 47.1 Å². The molecule has 0 radical (unpaired) electrons. The van der Waals surface area contributed by atoms with Crippen molar-refractivity contribution in [2.24, 2.45) is 5.73 Å². The van der Waals surface area contributed by atoms with Gasteiger partial charge in [0.25, 0.3) is 5.91 Å². The highest BCUT2D eigenvalue weighted by molar-refractivity contribution is 6.01. The summed E-state index contributed by atoms with van der Waals surface area (Å²) in [5, 5.41) is 20.3. The first kappa shape index (κ1) is 20.7. The van der Waals surface area contributed by atoms with Gasteiger partial charge in [-0.2, -0.15) is 0 Å². The Morgan fingerprint density at radius 2 is 1.91 bits per heavy atom. The number of benzene rings is 3. The summed E-state index contributed by atoms with van der Waals surface area (Å²) in [6.07, 6.45) is 0. The zero-order valence-electron chi connectivity index (χ0n) is 17.7. The number of nitrogens with one attached hydrogen (secondary N) is 1. The highest BCUT2D eigenvalue weighted by atomic mass is 16.5. The Labute approximate surface area is 189 Å². The molecule has 4 aromatic rings. The van der Waals surface area contributed by atoms with Crippen LogP contribution in [0.1, 0.15) is 21.6 Å². The Bertz CT molecular complexity index is 1440. The van der Waals surface area contributed by atoms with Gasteiger partial charge in [0.1, 0.15) is 18.1 Å². The van der Waals surface area contributed by atoms with Crippen molar-refractivity contribution in [3.63, 3.8) is 0 Å². The second-order valence-corrected chi connectivity index (χ2v) is 8.03. The predicted octanol–water partition coefficient (Wildman–Crippen LogP) is 3.19. The largest absolute Gasteiger partial charge is 0.477 e. The van der Waals surface area contributed by atoms with E-state index in [0.717, 1.165) is 27.4 Å². The van der Waals surface area contributed by atoms with Crippen LogP contribution in [0.25, 0.3) is 21.7 Å². The molecule has 1 fully saturated rings. The summed E-state index contributed by atoms with van der Waals surface area (Å²) < 4.78 is 6.99. The number of carbonyl (C=O) groups excluding carboxylic acids is 1. The third kappa shape index (κ3) is 3.70. The van der Waals surface area contributed by atoms with E-state index in [0.29, 0.717) is 24.2 Å². The van der Waals surface area contributed by atoms with Gasteiger partial charge in [0.15, 0.2) is 0 Å². The summed E-state index contributed by atoms with van der Waals surface area (Å²) in [5.74, 6) is -1.23. The Morgan fingerprint density at radius 1 is 1.09 bits per heavy atom. The lowest BCUT2D eigenvalue weighted by atomic mass is 10.0. The second kappa shape index (κ2) is 8.07. The molecule has 1 aliphatic rings. The lowest BCUT2D eigenvalue weighted by Gasteiger charge is -2.28. The maximum Gasteiger partial charge on any atom is 0.352 e. The summed E-state index contributed by atoms with van der Waals surface area (Å²) in [5.41, 5.74) is 8.66. The van der Waals surface area contributed by atoms with Crippen LogP contribution < -0.4 is 10.6 Å². The number of nitrogen functional groups attached to an aromatic ring is 1. The standard InChI is InChI=1S/C25H22N4O4/c26-24(27)17-6-5-16-11-22(25(31)32)29(21(16)12-17)13-18-10-19(28-7-8-33-14-23(28)30)9-15-3-1-2-4-20(15)18/h1-6,9-12H,7-8,13-14H2,(H3,26,27)(H,31,32). The number of hydrogen-bond donors (Lipinski definition) is 3. The quantitative estimate of drug-likeness (QED) is 0.324. The van der Waals surface area contributed by atoms with Gasteiger partial charge in [0, 0.05) is 35.2 Å². The summed E-state index contributed by atoms with van der Waals surface area (Å²) in [6.45, 7) is 1.25. The highest BCUT2D eigenvalue weighted by Gasteiger charge is 2.22. The van der Waals surface area contributed by atoms with Crippen molar-refractivity contribution in [3.05, 3.63) is 77.5 Å². The molecule has 1 aromatic heterocycles. The van der Waals surface area contributed by atoms with Gasteiger partial charge in [0.2, 0.25) is 0 Å². The molecule has 1 saturated heterocycles. The lowest BCUT2D eigenvalue weighted by molar-refractivity contribution is -0.125. The molecule has 1 aliphatic heterocycles. The Hall–Kier alpha value is -4.17. The van der Waals surface area contributed by atoms with Crippen molar-refractivity contribution in [2.75, 3.05) is 24.7 Å². The number of rotatable bonds is 5. The number of amidine groups is 1. The van der Waals surface area contributed by atoms with Gasteiger partial charge >= 0.3 is 5.97 Å². The number of carbonyl (C=O) groups is 2. The third-order valence-electron chi connectivity index (χ3n) is 5.99.